The van der Waals surface area contributed by atoms with Crippen molar-refractivity contribution in [1.82, 2.24) is 25.2 Å². The number of amides is 1. The average molecular weight is 540 g/mol. The highest BCUT2D eigenvalue weighted by Crippen LogP contribution is 2.23. The smallest absolute Gasteiger partial charge is 0.261 e. The number of nitrogens with zero attached hydrogens (tertiary/aromatic N) is 3. The lowest BCUT2D eigenvalue weighted by atomic mass is 10.1. The van der Waals surface area contributed by atoms with Crippen LogP contribution >= 0.6 is 0 Å². The van der Waals surface area contributed by atoms with Crippen LogP contribution in [-0.2, 0) is 21.2 Å². The van der Waals surface area contributed by atoms with Crippen molar-refractivity contribution in [2.75, 3.05) is 0 Å². The van der Waals surface area contributed by atoms with Crippen LogP contribution in [0.2, 0.25) is 0 Å². The Kier molecular flexibility index (Phi) is 7.60. The zero-order chi connectivity index (χ0) is 27.2. The van der Waals surface area contributed by atoms with E-state index in [9.17, 15) is 13.2 Å². The molecule has 0 aliphatic heterocycles. The Hall–Kier alpha value is -4.64. The topological polar surface area (TPSA) is 126 Å². The van der Waals surface area contributed by atoms with Gasteiger partial charge in [-0.1, -0.05) is 90.1 Å². The minimum absolute atomic E-state index is 0.0288. The van der Waals surface area contributed by atoms with Crippen LogP contribution in [0.4, 0.5) is 0 Å². The molecule has 0 spiro atoms. The van der Waals surface area contributed by atoms with Crippen LogP contribution in [0.1, 0.15) is 5.56 Å². The summed E-state index contributed by atoms with van der Waals surface area (Å²) in [6.45, 7) is 0. The minimum Gasteiger partial charge on any atom is -0.289 e. The molecule has 196 valence electrons. The van der Waals surface area contributed by atoms with Crippen molar-refractivity contribution in [3.8, 4) is 28.1 Å². The summed E-state index contributed by atoms with van der Waals surface area (Å²) in [4.78, 5) is 12.1. The van der Waals surface area contributed by atoms with Crippen molar-refractivity contribution in [2.24, 2.45) is 0 Å². The largest absolute Gasteiger partial charge is 0.289 e. The molecule has 9 nitrogen and oxygen atoms in total. The van der Waals surface area contributed by atoms with Gasteiger partial charge in [0, 0.05) is 5.56 Å². The van der Waals surface area contributed by atoms with Crippen molar-refractivity contribution in [1.29, 1.82) is 0 Å². The fourth-order valence-electron chi connectivity index (χ4n) is 4.14. The molecule has 10 heteroatoms. The molecule has 0 fully saturated rings. The van der Waals surface area contributed by atoms with E-state index in [-0.39, 0.29) is 11.3 Å². The van der Waals surface area contributed by atoms with Gasteiger partial charge in [0.25, 0.3) is 5.91 Å². The van der Waals surface area contributed by atoms with Crippen molar-refractivity contribution in [3.63, 3.8) is 0 Å². The molecule has 0 unspecified atom stereocenters. The standard InChI is InChI=1S/C29H25N5O4S/c35-29(31-36)27(19-21-7-3-1-4-8-21)32-39(37,38)26-17-13-24(14-18-26)28-20-34(33-30-28)25-15-11-23(12-16-25)22-9-5-2-6-10-22/h1-18,20,27,32,36H,19H2,(H,31,35)/t27-/m0/s1. The van der Waals surface area contributed by atoms with Crippen LogP contribution in [0.3, 0.4) is 0 Å². The molecular formula is C29H25N5O4S. The van der Waals surface area contributed by atoms with Crippen molar-refractivity contribution in [2.45, 2.75) is 17.4 Å². The SMILES string of the molecule is O=C(NO)[C@H](Cc1ccccc1)NS(=O)(=O)c1ccc(-c2cn(-c3ccc(-c4ccccc4)cc3)nn2)cc1. The number of nitrogens with one attached hydrogen (secondary N) is 2. The van der Waals surface area contributed by atoms with Crippen molar-refractivity contribution >= 4 is 15.9 Å². The van der Waals surface area contributed by atoms with E-state index in [4.69, 9.17) is 5.21 Å². The number of rotatable bonds is 9. The van der Waals surface area contributed by atoms with E-state index in [1.807, 2.05) is 60.7 Å². The second kappa shape index (κ2) is 11.4. The first-order valence-corrected chi connectivity index (χ1v) is 13.6. The van der Waals surface area contributed by atoms with E-state index in [1.54, 1.807) is 47.3 Å². The van der Waals surface area contributed by atoms with Gasteiger partial charge in [-0.15, -0.1) is 5.10 Å². The molecular weight excluding hydrogens is 514 g/mol. The van der Waals surface area contributed by atoms with Gasteiger partial charge in [-0.2, -0.15) is 4.72 Å². The van der Waals surface area contributed by atoms with Gasteiger partial charge >= 0.3 is 0 Å². The van der Waals surface area contributed by atoms with Gasteiger partial charge in [-0.25, -0.2) is 18.6 Å². The summed E-state index contributed by atoms with van der Waals surface area (Å²) in [7, 11) is -4.06. The van der Waals surface area contributed by atoms with Gasteiger partial charge in [0.05, 0.1) is 16.8 Å². The van der Waals surface area contributed by atoms with E-state index in [0.29, 0.717) is 11.3 Å². The lowest BCUT2D eigenvalue weighted by Crippen LogP contribution is -2.47. The number of hydroxylamine groups is 1. The summed E-state index contributed by atoms with van der Waals surface area (Å²) in [6, 6.07) is 31.8. The maximum Gasteiger partial charge on any atom is 0.261 e. The van der Waals surface area contributed by atoms with E-state index in [2.05, 4.69) is 15.0 Å². The van der Waals surface area contributed by atoms with Crippen LogP contribution < -0.4 is 10.2 Å². The number of hydrogen-bond donors (Lipinski definition) is 3. The van der Waals surface area contributed by atoms with Crippen molar-refractivity contribution in [3.05, 3.63) is 121 Å². The molecule has 5 aromatic rings. The molecule has 1 atom stereocenters. The molecule has 39 heavy (non-hydrogen) atoms. The van der Waals surface area contributed by atoms with Gasteiger partial charge in [0.1, 0.15) is 11.7 Å². The number of sulfonamides is 1. The lowest BCUT2D eigenvalue weighted by Gasteiger charge is -2.17. The Balaban J connectivity index is 1.30. The van der Waals surface area contributed by atoms with E-state index in [1.165, 1.54) is 17.6 Å². The average Bonchev–Trinajstić information content (AvgIpc) is 3.48. The predicted octanol–water partition coefficient (Wildman–Crippen LogP) is 4.00. The number of carbonyl (C=O) groups excluding carboxylic acids is 1. The summed E-state index contributed by atoms with van der Waals surface area (Å²) < 4.78 is 30.1. The Labute approximate surface area is 225 Å². The lowest BCUT2D eigenvalue weighted by molar-refractivity contribution is -0.130. The van der Waals surface area contributed by atoms with Crippen LogP contribution in [-0.4, -0.2) is 40.6 Å². The van der Waals surface area contributed by atoms with Crippen LogP contribution in [0.5, 0.6) is 0 Å². The summed E-state index contributed by atoms with van der Waals surface area (Å²) in [5, 5.41) is 17.6. The maximum atomic E-state index is 13.0. The fourth-order valence-corrected chi connectivity index (χ4v) is 5.33. The van der Waals surface area contributed by atoms with Gasteiger partial charge in [0.2, 0.25) is 10.0 Å². The molecule has 0 aliphatic rings. The summed E-state index contributed by atoms with van der Waals surface area (Å²) in [6.07, 6.45) is 1.83. The Morgan fingerprint density at radius 1 is 0.795 bits per heavy atom. The van der Waals surface area contributed by atoms with E-state index in [0.717, 1.165) is 22.4 Å². The fraction of sp³-hybridized carbons (Fsp3) is 0.0690. The van der Waals surface area contributed by atoms with Crippen LogP contribution in [0.15, 0.2) is 120 Å². The van der Waals surface area contributed by atoms with Gasteiger partial charge in [-0.3, -0.25) is 10.0 Å². The van der Waals surface area contributed by atoms with Gasteiger partial charge in [0.15, 0.2) is 0 Å². The first kappa shape index (κ1) is 26.0. The molecule has 5 rings (SSSR count). The molecule has 0 bridgehead atoms. The highest BCUT2D eigenvalue weighted by atomic mass is 32.2. The highest BCUT2D eigenvalue weighted by Gasteiger charge is 2.26. The number of aromatic nitrogens is 3. The van der Waals surface area contributed by atoms with Gasteiger partial charge in [-0.05, 0) is 47.4 Å². The van der Waals surface area contributed by atoms with E-state index >= 15 is 0 Å². The molecule has 0 radical (unpaired) electrons. The zero-order valence-electron chi connectivity index (χ0n) is 20.7. The third-order valence-corrected chi connectivity index (χ3v) is 7.69. The molecule has 0 saturated carbocycles. The zero-order valence-corrected chi connectivity index (χ0v) is 21.5. The third kappa shape index (κ3) is 6.10. The molecule has 0 aliphatic carbocycles. The normalized spacial score (nSPS) is 12.1. The Morgan fingerprint density at radius 3 is 2.03 bits per heavy atom. The number of carbonyl (C=O) groups is 1. The quantitative estimate of drug-likeness (QED) is 0.192. The number of benzene rings is 4. The summed E-state index contributed by atoms with van der Waals surface area (Å²) in [5.74, 6) is -0.854. The molecule has 1 heterocycles. The van der Waals surface area contributed by atoms with Crippen LogP contribution in [0, 0.1) is 0 Å². The molecule has 1 aromatic heterocycles. The first-order valence-electron chi connectivity index (χ1n) is 12.1. The van der Waals surface area contributed by atoms with Crippen molar-refractivity contribution < 1.29 is 18.4 Å². The number of hydrogen-bond acceptors (Lipinski definition) is 6. The first-order chi connectivity index (χ1) is 18.9. The highest BCUT2D eigenvalue weighted by molar-refractivity contribution is 7.89. The van der Waals surface area contributed by atoms with Crippen LogP contribution in [0.25, 0.3) is 28.1 Å². The molecule has 0 saturated heterocycles. The Morgan fingerprint density at radius 2 is 1.38 bits per heavy atom. The third-order valence-electron chi connectivity index (χ3n) is 6.20. The monoisotopic (exact) mass is 539 g/mol. The molecule has 3 N–H and O–H groups in total. The summed E-state index contributed by atoms with van der Waals surface area (Å²) in [5.41, 5.74) is 6.57. The second-order valence-corrected chi connectivity index (χ2v) is 10.5. The maximum absolute atomic E-state index is 13.0. The minimum atomic E-state index is -4.06. The Bertz CT molecular complexity index is 1650. The van der Waals surface area contributed by atoms with E-state index < -0.39 is 22.0 Å². The van der Waals surface area contributed by atoms with Gasteiger partial charge < -0.3 is 0 Å². The molecule has 4 aromatic carbocycles. The second-order valence-electron chi connectivity index (χ2n) is 8.83. The predicted molar refractivity (Wildman–Crippen MR) is 146 cm³/mol. The summed E-state index contributed by atoms with van der Waals surface area (Å²) >= 11 is 0. The molecule has 1 amide bonds.